The van der Waals surface area contributed by atoms with E-state index in [1.54, 1.807) is 34.1 Å². The molecule has 0 aliphatic rings. The monoisotopic (exact) mass is 262 g/mol. The molecule has 0 unspecified atom stereocenters. The van der Waals surface area contributed by atoms with E-state index in [9.17, 15) is 4.79 Å². The number of imidazole rings is 1. The molecule has 3 nitrogen and oxygen atoms in total. The van der Waals surface area contributed by atoms with Gasteiger partial charge in [-0.05, 0) is 17.5 Å². The van der Waals surface area contributed by atoms with E-state index in [1.165, 1.54) is 0 Å². The molecule has 0 saturated heterocycles. The highest BCUT2D eigenvalue weighted by Crippen LogP contribution is 2.28. The first-order chi connectivity index (χ1) is 8.29. The molecule has 0 N–H and O–H groups in total. The predicted molar refractivity (Wildman–Crippen MR) is 68.9 cm³/mol. The summed E-state index contributed by atoms with van der Waals surface area (Å²) in [6.45, 7) is 0. The molecule has 0 aliphatic heterocycles. The zero-order valence-corrected chi connectivity index (χ0v) is 10.2. The smallest absolute Gasteiger partial charge is 0.169 e. The van der Waals surface area contributed by atoms with Crippen molar-refractivity contribution >= 4 is 34.9 Å². The zero-order valence-electron chi connectivity index (χ0n) is 8.63. The number of thiophene rings is 1. The van der Waals surface area contributed by atoms with Crippen molar-refractivity contribution in [2.75, 3.05) is 0 Å². The maximum absolute atomic E-state index is 11.2. The number of hydrogen-bond acceptors (Lipinski definition) is 3. The number of carbonyl (C=O) groups is 1. The zero-order chi connectivity index (χ0) is 11.8. The fourth-order valence-electron chi connectivity index (χ4n) is 1.75. The molecular formula is C12H7ClN2OS. The highest BCUT2D eigenvalue weighted by Gasteiger charge is 2.13. The third-order valence-electron chi connectivity index (χ3n) is 2.49. The minimum Gasteiger partial charge on any atom is -0.297 e. The number of nitrogens with zero attached hydrogens (tertiary/aromatic N) is 2. The summed E-state index contributed by atoms with van der Waals surface area (Å²) in [5.41, 5.74) is 1.94. The summed E-state index contributed by atoms with van der Waals surface area (Å²) in [5.74, 6) is 0. The van der Waals surface area contributed by atoms with Crippen LogP contribution in [-0.2, 0) is 0 Å². The Balaban J connectivity index is 2.35. The van der Waals surface area contributed by atoms with Crippen molar-refractivity contribution in [1.29, 1.82) is 0 Å². The van der Waals surface area contributed by atoms with Crippen LogP contribution in [0, 0.1) is 0 Å². The van der Waals surface area contributed by atoms with Gasteiger partial charge in [-0.15, -0.1) is 11.3 Å². The normalized spacial score (nSPS) is 10.9. The number of hydrogen-bond donors (Lipinski definition) is 0. The van der Waals surface area contributed by atoms with Gasteiger partial charge in [0.05, 0.1) is 4.88 Å². The second kappa shape index (κ2) is 3.98. The lowest BCUT2D eigenvalue weighted by Crippen LogP contribution is -1.90. The van der Waals surface area contributed by atoms with Gasteiger partial charge in [-0.25, -0.2) is 4.98 Å². The molecule has 0 saturated carbocycles. The van der Waals surface area contributed by atoms with Gasteiger partial charge in [-0.3, -0.25) is 9.20 Å². The summed E-state index contributed by atoms with van der Waals surface area (Å²) in [4.78, 5) is 16.6. The van der Waals surface area contributed by atoms with Gasteiger partial charge in [0, 0.05) is 17.3 Å². The Bertz CT molecular complexity index is 688. The molecule has 0 radical (unpaired) electrons. The van der Waals surface area contributed by atoms with Crippen molar-refractivity contribution in [2.24, 2.45) is 0 Å². The van der Waals surface area contributed by atoms with Crippen molar-refractivity contribution in [3.63, 3.8) is 0 Å². The van der Waals surface area contributed by atoms with E-state index in [2.05, 4.69) is 4.98 Å². The number of fused-ring (bicyclic) bond motifs is 1. The van der Waals surface area contributed by atoms with Crippen LogP contribution in [0.3, 0.4) is 0 Å². The maximum atomic E-state index is 11.2. The highest BCUT2D eigenvalue weighted by molar-refractivity contribution is 7.13. The van der Waals surface area contributed by atoms with E-state index >= 15 is 0 Å². The van der Waals surface area contributed by atoms with Crippen LogP contribution >= 0.6 is 22.9 Å². The van der Waals surface area contributed by atoms with Crippen LogP contribution < -0.4 is 0 Å². The van der Waals surface area contributed by atoms with E-state index < -0.39 is 0 Å². The third-order valence-corrected chi connectivity index (χ3v) is 3.60. The second-order valence-electron chi connectivity index (χ2n) is 3.51. The molecule has 3 aromatic rings. The predicted octanol–water partition coefficient (Wildman–Crippen LogP) is 3.53. The standard InChI is InChI=1S/C12H7ClN2OS/c13-8-3-4-15-9(7-16)12(14-11(15)6-8)10-2-1-5-17-10/h1-7H. The molecule has 3 heterocycles. The van der Waals surface area contributed by atoms with Crippen LogP contribution in [0.2, 0.25) is 5.02 Å². The van der Waals surface area contributed by atoms with E-state index in [4.69, 9.17) is 11.6 Å². The average molecular weight is 263 g/mol. The van der Waals surface area contributed by atoms with Gasteiger partial charge in [0.1, 0.15) is 17.0 Å². The van der Waals surface area contributed by atoms with Crippen molar-refractivity contribution in [3.8, 4) is 10.6 Å². The quantitative estimate of drug-likeness (QED) is 0.662. The molecule has 5 heteroatoms. The van der Waals surface area contributed by atoms with Crippen molar-refractivity contribution in [3.05, 3.63) is 46.6 Å². The number of carbonyl (C=O) groups excluding carboxylic acids is 1. The lowest BCUT2D eigenvalue weighted by atomic mass is 10.3. The summed E-state index contributed by atoms with van der Waals surface area (Å²) >= 11 is 7.47. The van der Waals surface area contributed by atoms with Crippen LogP contribution in [0.1, 0.15) is 10.5 Å². The molecule has 0 fully saturated rings. The van der Waals surface area contributed by atoms with E-state index in [0.717, 1.165) is 11.2 Å². The van der Waals surface area contributed by atoms with Gasteiger partial charge >= 0.3 is 0 Å². The summed E-state index contributed by atoms with van der Waals surface area (Å²) < 4.78 is 1.74. The fourth-order valence-corrected chi connectivity index (χ4v) is 2.62. The molecule has 84 valence electrons. The number of rotatable bonds is 2. The van der Waals surface area contributed by atoms with Gasteiger partial charge in [0.2, 0.25) is 0 Å². The Morgan fingerprint density at radius 2 is 2.29 bits per heavy atom. The van der Waals surface area contributed by atoms with Gasteiger partial charge in [0.25, 0.3) is 0 Å². The van der Waals surface area contributed by atoms with Crippen molar-refractivity contribution in [2.45, 2.75) is 0 Å². The van der Waals surface area contributed by atoms with Crippen LogP contribution in [0.25, 0.3) is 16.2 Å². The van der Waals surface area contributed by atoms with Crippen LogP contribution in [0.5, 0.6) is 0 Å². The molecule has 0 atom stereocenters. The maximum Gasteiger partial charge on any atom is 0.169 e. The number of halogens is 1. The fraction of sp³-hybridized carbons (Fsp3) is 0. The summed E-state index contributed by atoms with van der Waals surface area (Å²) in [5, 5.41) is 2.57. The minimum atomic E-state index is 0.555. The van der Waals surface area contributed by atoms with Gasteiger partial charge in [-0.1, -0.05) is 17.7 Å². The highest BCUT2D eigenvalue weighted by atomic mass is 35.5. The molecule has 0 spiro atoms. The van der Waals surface area contributed by atoms with E-state index in [0.29, 0.717) is 22.1 Å². The largest absolute Gasteiger partial charge is 0.297 e. The third kappa shape index (κ3) is 1.66. The van der Waals surface area contributed by atoms with E-state index in [1.807, 2.05) is 17.5 Å². The van der Waals surface area contributed by atoms with Crippen molar-refractivity contribution in [1.82, 2.24) is 9.38 Å². The van der Waals surface area contributed by atoms with Crippen LogP contribution in [0.15, 0.2) is 35.8 Å². The van der Waals surface area contributed by atoms with Crippen molar-refractivity contribution < 1.29 is 4.79 Å². The number of pyridine rings is 1. The Hall–Kier alpha value is -1.65. The Morgan fingerprint density at radius 3 is 3.00 bits per heavy atom. The summed E-state index contributed by atoms with van der Waals surface area (Å²) in [6, 6.07) is 7.36. The minimum absolute atomic E-state index is 0.555. The summed E-state index contributed by atoms with van der Waals surface area (Å²) in [7, 11) is 0. The Kier molecular flexibility index (Phi) is 2.46. The van der Waals surface area contributed by atoms with Crippen LogP contribution in [0.4, 0.5) is 0 Å². The van der Waals surface area contributed by atoms with Crippen LogP contribution in [-0.4, -0.2) is 15.7 Å². The molecule has 0 bridgehead atoms. The first-order valence-electron chi connectivity index (χ1n) is 4.96. The molecule has 3 aromatic heterocycles. The molecular weight excluding hydrogens is 256 g/mol. The first-order valence-corrected chi connectivity index (χ1v) is 6.22. The first kappa shape index (κ1) is 10.5. The Morgan fingerprint density at radius 1 is 1.41 bits per heavy atom. The lowest BCUT2D eigenvalue weighted by molar-refractivity contribution is 0.111. The molecule has 0 aliphatic carbocycles. The van der Waals surface area contributed by atoms with Gasteiger partial charge in [0.15, 0.2) is 6.29 Å². The topological polar surface area (TPSA) is 34.4 Å². The van der Waals surface area contributed by atoms with Gasteiger partial charge in [-0.2, -0.15) is 0 Å². The Labute approximate surface area is 106 Å². The average Bonchev–Trinajstić information content (AvgIpc) is 2.94. The number of aldehydes is 1. The molecule has 3 rings (SSSR count). The SMILES string of the molecule is O=Cc1c(-c2cccs2)nc2cc(Cl)ccn12. The lowest BCUT2D eigenvalue weighted by Gasteiger charge is -1.95. The molecule has 0 amide bonds. The van der Waals surface area contributed by atoms with E-state index in [-0.39, 0.29) is 0 Å². The molecule has 17 heavy (non-hydrogen) atoms. The second-order valence-corrected chi connectivity index (χ2v) is 4.90. The number of aromatic nitrogens is 2. The molecule has 0 aromatic carbocycles. The summed E-state index contributed by atoms with van der Waals surface area (Å²) in [6.07, 6.45) is 2.58. The van der Waals surface area contributed by atoms with Gasteiger partial charge < -0.3 is 0 Å².